The molecule has 0 heterocycles. The zero-order chi connectivity index (χ0) is 12.7. The van der Waals surface area contributed by atoms with E-state index in [0.29, 0.717) is 17.8 Å². The van der Waals surface area contributed by atoms with Crippen LogP contribution >= 0.6 is 0 Å². The maximum absolute atomic E-state index is 10.8. The molecule has 0 spiro atoms. The number of benzene rings is 1. The van der Waals surface area contributed by atoms with E-state index in [0.717, 1.165) is 19.3 Å². The van der Waals surface area contributed by atoms with Crippen molar-refractivity contribution in [2.75, 3.05) is 11.9 Å². The van der Waals surface area contributed by atoms with Gasteiger partial charge >= 0.3 is 0 Å². The minimum Gasteiger partial charge on any atom is -0.379 e. The zero-order valence-electron chi connectivity index (χ0n) is 9.77. The Morgan fingerprint density at radius 3 is 2.82 bits per heavy atom. The maximum atomic E-state index is 10.8. The van der Waals surface area contributed by atoms with Crippen molar-refractivity contribution in [1.29, 1.82) is 5.26 Å². The molecule has 0 aliphatic carbocycles. The first-order chi connectivity index (χ1) is 8.19. The summed E-state index contributed by atoms with van der Waals surface area (Å²) in [5.41, 5.74) is 0.860. The largest absolute Gasteiger partial charge is 0.379 e. The van der Waals surface area contributed by atoms with Gasteiger partial charge in [-0.25, -0.2) is 0 Å². The van der Waals surface area contributed by atoms with Gasteiger partial charge in [0.05, 0.1) is 16.6 Å². The number of hydrogen-bond donors (Lipinski definition) is 1. The summed E-state index contributed by atoms with van der Waals surface area (Å²) in [6, 6.07) is 6.31. The molecule has 0 fully saturated rings. The van der Waals surface area contributed by atoms with Crippen LogP contribution in [0, 0.1) is 21.4 Å². The van der Waals surface area contributed by atoms with Crippen molar-refractivity contribution in [2.24, 2.45) is 0 Å². The highest BCUT2D eigenvalue weighted by atomic mass is 16.6. The average molecular weight is 233 g/mol. The highest BCUT2D eigenvalue weighted by molar-refractivity contribution is 5.64. The Labute approximate surface area is 100 Å². The first-order valence-electron chi connectivity index (χ1n) is 5.61. The molecule has 0 aliphatic heterocycles. The lowest BCUT2D eigenvalue weighted by Gasteiger charge is -2.06. The fourth-order valence-corrected chi connectivity index (χ4v) is 1.50. The van der Waals surface area contributed by atoms with Gasteiger partial charge in [0, 0.05) is 12.6 Å². The number of rotatable bonds is 6. The predicted octanol–water partition coefficient (Wildman–Crippen LogP) is 3.07. The van der Waals surface area contributed by atoms with Crippen LogP contribution in [0.2, 0.25) is 0 Å². The second-order valence-electron chi connectivity index (χ2n) is 3.73. The van der Waals surface area contributed by atoms with Gasteiger partial charge < -0.3 is 5.32 Å². The molecule has 17 heavy (non-hydrogen) atoms. The third kappa shape index (κ3) is 3.76. The molecule has 90 valence electrons. The van der Waals surface area contributed by atoms with Crippen molar-refractivity contribution in [3.8, 4) is 6.07 Å². The lowest BCUT2D eigenvalue weighted by molar-refractivity contribution is -0.384. The molecule has 1 aromatic carbocycles. The third-order valence-electron chi connectivity index (χ3n) is 2.42. The quantitative estimate of drug-likeness (QED) is 0.465. The monoisotopic (exact) mass is 233 g/mol. The van der Waals surface area contributed by atoms with Crippen LogP contribution in [0.1, 0.15) is 31.7 Å². The number of nitriles is 1. The second-order valence-corrected chi connectivity index (χ2v) is 3.73. The Bertz CT molecular complexity index is 438. The number of nitrogens with zero attached hydrogens (tertiary/aromatic N) is 2. The highest BCUT2D eigenvalue weighted by Gasteiger charge is 2.13. The molecule has 0 aliphatic rings. The van der Waals surface area contributed by atoms with Gasteiger partial charge in [-0.3, -0.25) is 10.1 Å². The molecule has 5 heteroatoms. The van der Waals surface area contributed by atoms with E-state index >= 15 is 0 Å². The standard InChI is InChI=1S/C12H15N3O2/c1-2-3-4-7-14-11-8-10(9-13)5-6-12(11)15(16)17/h5-6,8,14H,2-4,7H2,1H3. The van der Waals surface area contributed by atoms with Gasteiger partial charge in [0.15, 0.2) is 0 Å². The molecule has 0 aromatic heterocycles. The van der Waals surface area contributed by atoms with Crippen LogP contribution in [0.3, 0.4) is 0 Å². The van der Waals surface area contributed by atoms with E-state index in [2.05, 4.69) is 12.2 Å². The van der Waals surface area contributed by atoms with E-state index in [1.54, 1.807) is 0 Å². The number of anilines is 1. The molecule has 0 unspecified atom stereocenters. The Balaban J connectivity index is 2.79. The Hall–Kier alpha value is -2.09. The molecule has 1 aromatic rings. The van der Waals surface area contributed by atoms with Gasteiger partial charge in [0.2, 0.25) is 0 Å². The Morgan fingerprint density at radius 1 is 1.47 bits per heavy atom. The van der Waals surface area contributed by atoms with Crippen LogP contribution in [-0.2, 0) is 0 Å². The van der Waals surface area contributed by atoms with Gasteiger partial charge in [0.25, 0.3) is 5.69 Å². The summed E-state index contributed by atoms with van der Waals surface area (Å²) >= 11 is 0. The fourth-order valence-electron chi connectivity index (χ4n) is 1.50. The first kappa shape index (κ1) is 13.0. The number of unbranched alkanes of at least 4 members (excludes halogenated alkanes) is 2. The van der Waals surface area contributed by atoms with Crippen LogP contribution in [0.4, 0.5) is 11.4 Å². The van der Waals surface area contributed by atoms with E-state index in [1.165, 1.54) is 18.2 Å². The van der Waals surface area contributed by atoms with E-state index in [-0.39, 0.29) is 5.69 Å². The molecule has 0 amide bonds. The van der Waals surface area contributed by atoms with Crippen molar-refractivity contribution < 1.29 is 4.92 Å². The summed E-state index contributed by atoms with van der Waals surface area (Å²) in [5.74, 6) is 0. The third-order valence-corrected chi connectivity index (χ3v) is 2.42. The topological polar surface area (TPSA) is 79.0 Å². The molecular weight excluding hydrogens is 218 g/mol. The van der Waals surface area contributed by atoms with Crippen LogP contribution in [0.15, 0.2) is 18.2 Å². The Kier molecular flexibility index (Phi) is 4.95. The van der Waals surface area contributed by atoms with Crippen LogP contribution < -0.4 is 5.32 Å². The molecule has 5 nitrogen and oxygen atoms in total. The van der Waals surface area contributed by atoms with E-state index in [1.807, 2.05) is 6.07 Å². The molecular formula is C12H15N3O2. The van der Waals surface area contributed by atoms with Crippen molar-refractivity contribution in [1.82, 2.24) is 0 Å². The van der Waals surface area contributed by atoms with Gasteiger partial charge in [-0.2, -0.15) is 5.26 Å². The van der Waals surface area contributed by atoms with Crippen LogP contribution in [0.25, 0.3) is 0 Å². The van der Waals surface area contributed by atoms with Crippen LogP contribution in [-0.4, -0.2) is 11.5 Å². The summed E-state index contributed by atoms with van der Waals surface area (Å²) in [7, 11) is 0. The minimum atomic E-state index is -0.441. The average Bonchev–Trinajstić information content (AvgIpc) is 2.34. The normalized spacial score (nSPS) is 9.65. The summed E-state index contributed by atoms with van der Waals surface area (Å²) in [4.78, 5) is 10.4. The first-order valence-corrected chi connectivity index (χ1v) is 5.61. The predicted molar refractivity (Wildman–Crippen MR) is 65.8 cm³/mol. The van der Waals surface area contributed by atoms with Crippen molar-refractivity contribution in [3.63, 3.8) is 0 Å². The van der Waals surface area contributed by atoms with E-state index < -0.39 is 4.92 Å². The highest BCUT2D eigenvalue weighted by Crippen LogP contribution is 2.25. The summed E-state index contributed by atoms with van der Waals surface area (Å²) < 4.78 is 0. The van der Waals surface area contributed by atoms with Gasteiger partial charge in [0.1, 0.15) is 5.69 Å². The SMILES string of the molecule is CCCCCNc1cc(C#N)ccc1[N+](=O)[O-]. The number of nitrogens with one attached hydrogen (secondary N) is 1. The lowest BCUT2D eigenvalue weighted by Crippen LogP contribution is -2.04. The molecule has 1 N–H and O–H groups in total. The molecule has 0 saturated carbocycles. The molecule has 0 atom stereocenters. The summed E-state index contributed by atoms with van der Waals surface area (Å²) in [6.07, 6.45) is 3.14. The van der Waals surface area contributed by atoms with Crippen molar-refractivity contribution >= 4 is 11.4 Å². The number of nitro groups is 1. The summed E-state index contributed by atoms with van der Waals surface area (Å²) in [6.45, 7) is 2.78. The number of hydrogen-bond acceptors (Lipinski definition) is 4. The zero-order valence-corrected chi connectivity index (χ0v) is 9.77. The molecule has 0 saturated heterocycles. The molecule has 1 rings (SSSR count). The van der Waals surface area contributed by atoms with E-state index in [9.17, 15) is 10.1 Å². The fraction of sp³-hybridized carbons (Fsp3) is 0.417. The van der Waals surface area contributed by atoms with E-state index in [4.69, 9.17) is 5.26 Å². The molecule has 0 bridgehead atoms. The van der Waals surface area contributed by atoms with Gasteiger partial charge in [-0.1, -0.05) is 19.8 Å². The summed E-state index contributed by atoms with van der Waals surface area (Å²) in [5, 5.41) is 22.6. The second kappa shape index (κ2) is 6.48. The minimum absolute atomic E-state index is 0.0144. The van der Waals surface area contributed by atoms with Crippen LogP contribution in [0.5, 0.6) is 0 Å². The Morgan fingerprint density at radius 2 is 2.24 bits per heavy atom. The smallest absolute Gasteiger partial charge is 0.292 e. The van der Waals surface area contributed by atoms with Gasteiger partial charge in [-0.05, 0) is 18.6 Å². The maximum Gasteiger partial charge on any atom is 0.292 e. The van der Waals surface area contributed by atoms with Gasteiger partial charge in [-0.15, -0.1) is 0 Å². The lowest BCUT2D eigenvalue weighted by atomic mass is 10.2. The van der Waals surface area contributed by atoms with Crippen molar-refractivity contribution in [2.45, 2.75) is 26.2 Å². The number of nitro benzene ring substituents is 1. The van der Waals surface area contributed by atoms with Crippen molar-refractivity contribution in [3.05, 3.63) is 33.9 Å². The molecule has 0 radical (unpaired) electrons.